The average Bonchev–Trinajstić information content (AvgIpc) is 2.76. The van der Waals surface area contributed by atoms with Crippen molar-refractivity contribution in [2.24, 2.45) is 5.92 Å². The zero-order valence-electron chi connectivity index (χ0n) is 12.2. The van der Waals surface area contributed by atoms with Gasteiger partial charge in [0.05, 0.1) is 11.7 Å². The van der Waals surface area contributed by atoms with Crippen LogP contribution in [-0.2, 0) is 17.7 Å². The summed E-state index contributed by atoms with van der Waals surface area (Å²) in [5, 5.41) is 0. The monoisotopic (exact) mass is 295 g/mol. The Morgan fingerprint density at radius 1 is 1.40 bits per heavy atom. The van der Waals surface area contributed by atoms with Gasteiger partial charge in [0, 0.05) is 38.3 Å². The molecule has 2 heterocycles. The number of aryl methyl sites for hydroxylation is 2. The lowest BCUT2D eigenvalue weighted by molar-refractivity contribution is 0.105. The third-order valence-corrected chi connectivity index (χ3v) is 3.26. The zero-order chi connectivity index (χ0) is 14.4. The molecule has 0 radical (unpaired) electrons. The Labute approximate surface area is 125 Å². The van der Waals surface area contributed by atoms with Crippen molar-refractivity contribution in [1.82, 2.24) is 14.5 Å². The lowest BCUT2D eigenvalue weighted by Gasteiger charge is -2.10. The van der Waals surface area contributed by atoms with Crippen molar-refractivity contribution in [2.75, 3.05) is 19.1 Å². The van der Waals surface area contributed by atoms with Gasteiger partial charge < -0.3 is 9.30 Å². The van der Waals surface area contributed by atoms with Crippen molar-refractivity contribution in [1.29, 1.82) is 0 Å². The summed E-state index contributed by atoms with van der Waals surface area (Å²) in [6.45, 7) is 6.83. The molecule has 5 heteroatoms. The van der Waals surface area contributed by atoms with Crippen LogP contribution in [0.25, 0.3) is 11.0 Å². The van der Waals surface area contributed by atoms with E-state index in [1.165, 1.54) is 0 Å². The number of rotatable bonds is 8. The van der Waals surface area contributed by atoms with Crippen molar-refractivity contribution in [3.8, 4) is 0 Å². The first-order valence-corrected chi connectivity index (χ1v) is 7.68. The Hall–Kier alpha value is -1.13. The number of hydrogen-bond donors (Lipinski definition) is 0. The predicted molar refractivity (Wildman–Crippen MR) is 82.2 cm³/mol. The molecule has 0 saturated carbocycles. The molecule has 0 N–H and O–H groups in total. The number of pyridine rings is 1. The van der Waals surface area contributed by atoms with Crippen LogP contribution in [0.3, 0.4) is 0 Å². The number of fused-ring (bicyclic) bond motifs is 1. The average molecular weight is 296 g/mol. The van der Waals surface area contributed by atoms with Crippen molar-refractivity contribution >= 4 is 22.6 Å². The van der Waals surface area contributed by atoms with E-state index in [1.807, 2.05) is 6.07 Å². The molecule has 0 aliphatic rings. The second-order valence-corrected chi connectivity index (χ2v) is 5.68. The highest BCUT2D eigenvalue weighted by Crippen LogP contribution is 2.16. The maximum atomic E-state index is 5.86. The molecular weight excluding hydrogens is 274 g/mol. The number of hydrogen-bond acceptors (Lipinski definition) is 3. The molecule has 4 nitrogen and oxygen atoms in total. The quantitative estimate of drug-likeness (QED) is 0.554. The highest BCUT2D eigenvalue weighted by atomic mass is 35.5. The van der Waals surface area contributed by atoms with E-state index in [0.29, 0.717) is 11.8 Å². The van der Waals surface area contributed by atoms with Gasteiger partial charge in [-0.2, -0.15) is 0 Å². The van der Waals surface area contributed by atoms with Gasteiger partial charge in [0.1, 0.15) is 11.3 Å². The van der Waals surface area contributed by atoms with E-state index in [-0.39, 0.29) is 0 Å². The number of halogens is 1. The predicted octanol–water partition coefficient (Wildman–Crippen LogP) is 3.28. The molecule has 0 atom stereocenters. The summed E-state index contributed by atoms with van der Waals surface area (Å²) in [5.41, 5.74) is 2.07. The maximum Gasteiger partial charge on any atom is 0.111 e. The second kappa shape index (κ2) is 7.60. The Morgan fingerprint density at radius 3 is 3.00 bits per heavy atom. The van der Waals surface area contributed by atoms with Gasteiger partial charge in [-0.05, 0) is 18.4 Å². The van der Waals surface area contributed by atoms with Crippen LogP contribution in [0.2, 0.25) is 0 Å². The molecule has 2 rings (SSSR count). The number of aromatic nitrogens is 3. The minimum absolute atomic E-state index is 0.584. The van der Waals surface area contributed by atoms with Crippen LogP contribution in [0.4, 0.5) is 0 Å². The van der Waals surface area contributed by atoms with Gasteiger partial charge in [-0.1, -0.05) is 13.8 Å². The molecule has 0 aliphatic heterocycles. The molecular formula is C15H22ClN3O. The molecule has 0 spiro atoms. The molecule has 20 heavy (non-hydrogen) atoms. The number of alkyl halides is 1. The second-order valence-electron chi connectivity index (χ2n) is 5.31. The van der Waals surface area contributed by atoms with Crippen LogP contribution in [0.5, 0.6) is 0 Å². The Morgan fingerprint density at radius 2 is 2.25 bits per heavy atom. The van der Waals surface area contributed by atoms with E-state index in [0.717, 1.165) is 49.5 Å². The van der Waals surface area contributed by atoms with Gasteiger partial charge in [0.2, 0.25) is 0 Å². The fourth-order valence-corrected chi connectivity index (χ4v) is 2.37. The number of nitrogens with zero attached hydrogens (tertiary/aromatic N) is 3. The van der Waals surface area contributed by atoms with E-state index in [2.05, 4.69) is 28.4 Å². The SMILES string of the molecule is CC(C)COCCCn1c(CCCl)nc2cnccc21. The molecule has 2 aromatic rings. The summed E-state index contributed by atoms with van der Waals surface area (Å²) in [5.74, 6) is 2.20. The molecule has 0 aromatic carbocycles. The van der Waals surface area contributed by atoms with Gasteiger partial charge in [-0.15, -0.1) is 11.6 Å². The normalized spacial score (nSPS) is 11.6. The summed E-state index contributed by atoms with van der Waals surface area (Å²) in [6, 6.07) is 2.01. The molecule has 0 amide bonds. The minimum atomic E-state index is 0.584. The summed E-state index contributed by atoms with van der Waals surface area (Å²) < 4.78 is 7.87. The fraction of sp³-hybridized carbons (Fsp3) is 0.600. The summed E-state index contributed by atoms with van der Waals surface area (Å²) in [7, 11) is 0. The van der Waals surface area contributed by atoms with E-state index < -0.39 is 0 Å². The lowest BCUT2D eigenvalue weighted by Crippen LogP contribution is -2.09. The number of ether oxygens (including phenoxy) is 1. The van der Waals surface area contributed by atoms with Crippen LogP contribution >= 0.6 is 11.6 Å². The molecule has 0 saturated heterocycles. The van der Waals surface area contributed by atoms with Crippen molar-refractivity contribution in [3.63, 3.8) is 0 Å². The highest BCUT2D eigenvalue weighted by Gasteiger charge is 2.09. The largest absolute Gasteiger partial charge is 0.381 e. The first kappa shape index (κ1) is 15.3. The molecule has 0 bridgehead atoms. The van der Waals surface area contributed by atoms with Crippen molar-refractivity contribution in [3.05, 3.63) is 24.3 Å². The minimum Gasteiger partial charge on any atom is -0.381 e. The fourth-order valence-electron chi connectivity index (χ4n) is 2.20. The topological polar surface area (TPSA) is 39.9 Å². The smallest absolute Gasteiger partial charge is 0.111 e. The molecule has 2 aromatic heterocycles. The summed E-state index contributed by atoms with van der Waals surface area (Å²) >= 11 is 5.86. The first-order valence-electron chi connectivity index (χ1n) is 7.15. The Balaban J connectivity index is 2.01. The van der Waals surface area contributed by atoms with Crippen LogP contribution < -0.4 is 0 Å². The van der Waals surface area contributed by atoms with Crippen LogP contribution in [0.15, 0.2) is 18.5 Å². The van der Waals surface area contributed by atoms with Gasteiger partial charge >= 0.3 is 0 Å². The first-order chi connectivity index (χ1) is 9.72. The van der Waals surface area contributed by atoms with Crippen LogP contribution in [0, 0.1) is 5.92 Å². The van der Waals surface area contributed by atoms with Gasteiger partial charge in [-0.3, -0.25) is 4.98 Å². The van der Waals surface area contributed by atoms with Gasteiger partial charge in [0.25, 0.3) is 0 Å². The summed E-state index contributed by atoms with van der Waals surface area (Å²) in [6.07, 6.45) is 5.37. The van der Waals surface area contributed by atoms with Crippen LogP contribution in [0.1, 0.15) is 26.1 Å². The van der Waals surface area contributed by atoms with E-state index in [1.54, 1.807) is 12.4 Å². The van der Waals surface area contributed by atoms with Crippen LogP contribution in [-0.4, -0.2) is 33.6 Å². The Bertz CT molecular complexity index is 539. The lowest BCUT2D eigenvalue weighted by atomic mass is 10.2. The van der Waals surface area contributed by atoms with Gasteiger partial charge in [-0.25, -0.2) is 4.98 Å². The van der Waals surface area contributed by atoms with E-state index >= 15 is 0 Å². The molecule has 0 unspecified atom stereocenters. The molecule has 0 aliphatic carbocycles. The Kier molecular flexibility index (Phi) is 5.80. The van der Waals surface area contributed by atoms with E-state index in [9.17, 15) is 0 Å². The molecule has 0 fully saturated rings. The van der Waals surface area contributed by atoms with Crippen molar-refractivity contribution < 1.29 is 4.74 Å². The van der Waals surface area contributed by atoms with E-state index in [4.69, 9.17) is 16.3 Å². The molecule has 110 valence electrons. The third kappa shape index (κ3) is 3.93. The summed E-state index contributed by atoms with van der Waals surface area (Å²) in [4.78, 5) is 8.73. The van der Waals surface area contributed by atoms with Gasteiger partial charge in [0.15, 0.2) is 0 Å². The number of imidazole rings is 1. The zero-order valence-corrected chi connectivity index (χ0v) is 12.9. The standard InChI is InChI=1S/C15H22ClN3O/c1-12(2)11-20-9-3-8-19-14-5-7-17-10-13(14)18-15(19)4-6-16/h5,7,10,12H,3-4,6,8-9,11H2,1-2H3. The maximum absolute atomic E-state index is 5.86. The highest BCUT2D eigenvalue weighted by molar-refractivity contribution is 6.17. The van der Waals surface area contributed by atoms with Crippen molar-refractivity contribution in [2.45, 2.75) is 33.2 Å². The third-order valence-electron chi connectivity index (χ3n) is 3.07.